The van der Waals surface area contributed by atoms with Crippen LogP contribution in [0, 0.1) is 11.7 Å². The van der Waals surface area contributed by atoms with Gasteiger partial charge >= 0.3 is 0 Å². The monoisotopic (exact) mass is 417 g/mol. The van der Waals surface area contributed by atoms with Crippen molar-refractivity contribution < 1.29 is 14.3 Å². The van der Waals surface area contributed by atoms with Crippen LogP contribution < -0.4 is 5.32 Å². The van der Waals surface area contributed by atoms with Crippen molar-refractivity contribution in [3.05, 3.63) is 83.9 Å². The molecule has 158 valence electrons. The second kappa shape index (κ2) is 8.12. The summed E-state index contributed by atoms with van der Waals surface area (Å²) in [6, 6.07) is 16.0. The van der Waals surface area contributed by atoms with Crippen molar-refractivity contribution >= 4 is 11.6 Å². The lowest BCUT2D eigenvalue weighted by molar-refractivity contribution is -0.131. The van der Waals surface area contributed by atoms with Gasteiger partial charge in [0.1, 0.15) is 5.82 Å². The number of hydrogen-bond acceptors (Lipinski definition) is 4. The highest BCUT2D eigenvalue weighted by Gasteiger charge is 2.45. The van der Waals surface area contributed by atoms with Crippen LogP contribution in [0.1, 0.15) is 23.6 Å². The van der Waals surface area contributed by atoms with E-state index in [0.29, 0.717) is 12.1 Å². The standard InChI is InChI=1S/C25H24FN3O2/c26-21-6-2-1-5-18(21)17-7-8-22-20(13-17)25-19(23(15-30)28-22)9-11-29(25)24(31)12-16-4-3-10-27-14-16/h1-8,10,13-14,19,23,25,28,30H,9,11-12,15H2/t19-,23+,25-/m0/s1. The first-order chi connectivity index (χ1) is 15.2. The Hall–Kier alpha value is -3.25. The van der Waals surface area contributed by atoms with Gasteiger partial charge in [0.05, 0.1) is 25.1 Å². The van der Waals surface area contributed by atoms with Gasteiger partial charge < -0.3 is 15.3 Å². The number of aromatic nitrogens is 1. The van der Waals surface area contributed by atoms with Gasteiger partial charge in [0.2, 0.25) is 5.91 Å². The SMILES string of the molecule is O=C(Cc1cccnc1)N1CC[C@@H]2[C@H]1c1cc(-c3ccccc3F)ccc1N[C@@H]2CO. The second-order valence-electron chi connectivity index (χ2n) is 8.24. The number of nitrogens with zero attached hydrogens (tertiary/aromatic N) is 2. The Labute approximate surface area is 180 Å². The van der Waals surface area contributed by atoms with Crippen LogP contribution in [0.5, 0.6) is 0 Å². The second-order valence-corrected chi connectivity index (χ2v) is 8.24. The van der Waals surface area contributed by atoms with Gasteiger partial charge in [-0.3, -0.25) is 9.78 Å². The zero-order valence-electron chi connectivity index (χ0n) is 17.0. The number of anilines is 1. The first-order valence-corrected chi connectivity index (χ1v) is 10.6. The minimum atomic E-state index is -0.271. The molecule has 1 aromatic heterocycles. The number of carbonyl (C=O) groups excluding carboxylic acids is 1. The van der Waals surface area contributed by atoms with Crippen LogP contribution in [0.2, 0.25) is 0 Å². The average molecular weight is 417 g/mol. The van der Waals surface area contributed by atoms with Crippen LogP contribution >= 0.6 is 0 Å². The summed E-state index contributed by atoms with van der Waals surface area (Å²) in [5.74, 6) is -0.125. The first kappa shape index (κ1) is 19.7. The smallest absolute Gasteiger partial charge is 0.227 e. The molecule has 2 aromatic carbocycles. The number of hydrogen-bond donors (Lipinski definition) is 2. The summed E-state index contributed by atoms with van der Waals surface area (Å²) >= 11 is 0. The molecule has 0 aliphatic carbocycles. The molecule has 1 saturated heterocycles. The van der Waals surface area contributed by atoms with Crippen molar-refractivity contribution in [2.24, 2.45) is 5.92 Å². The van der Waals surface area contributed by atoms with E-state index in [4.69, 9.17) is 0 Å². The molecule has 2 N–H and O–H groups in total. The summed E-state index contributed by atoms with van der Waals surface area (Å²) < 4.78 is 14.4. The molecule has 0 radical (unpaired) electrons. The Morgan fingerprint density at radius 3 is 2.84 bits per heavy atom. The molecule has 6 heteroatoms. The van der Waals surface area contributed by atoms with E-state index >= 15 is 0 Å². The van der Waals surface area contributed by atoms with E-state index in [1.165, 1.54) is 6.07 Å². The third-order valence-corrected chi connectivity index (χ3v) is 6.45. The van der Waals surface area contributed by atoms with E-state index in [1.54, 1.807) is 24.5 Å². The summed E-state index contributed by atoms with van der Waals surface area (Å²) in [7, 11) is 0. The minimum absolute atomic E-state index is 0.000305. The zero-order valence-corrected chi connectivity index (χ0v) is 17.0. The number of aliphatic hydroxyl groups excluding tert-OH is 1. The fourth-order valence-electron chi connectivity index (χ4n) is 4.98. The van der Waals surface area contributed by atoms with Crippen molar-refractivity contribution in [3.63, 3.8) is 0 Å². The Kier molecular flexibility index (Phi) is 5.16. The van der Waals surface area contributed by atoms with E-state index in [9.17, 15) is 14.3 Å². The van der Waals surface area contributed by atoms with Crippen LogP contribution in [0.25, 0.3) is 11.1 Å². The lowest BCUT2D eigenvalue weighted by Gasteiger charge is -2.39. The Bertz CT molecular complexity index is 1100. The third kappa shape index (κ3) is 3.57. The van der Waals surface area contributed by atoms with Crippen molar-refractivity contribution in [3.8, 4) is 11.1 Å². The number of aliphatic hydroxyl groups is 1. The van der Waals surface area contributed by atoms with Crippen LogP contribution in [-0.2, 0) is 11.2 Å². The van der Waals surface area contributed by atoms with Gasteiger partial charge in [-0.2, -0.15) is 0 Å². The number of carbonyl (C=O) groups is 1. The van der Waals surface area contributed by atoms with E-state index in [-0.39, 0.29) is 42.8 Å². The van der Waals surface area contributed by atoms with Gasteiger partial charge in [-0.25, -0.2) is 4.39 Å². The Morgan fingerprint density at radius 1 is 1.19 bits per heavy atom. The number of rotatable bonds is 4. The lowest BCUT2D eigenvalue weighted by Crippen LogP contribution is -2.43. The van der Waals surface area contributed by atoms with Crippen molar-refractivity contribution in [2.75, 3.05) is 18.5 Å². The van der Waals surface area contributed by atoms with Gasteiger partial charge in [0, 0.05) is 36.1 Å². The molecule has 0 unspecified atom stereocenters. The van der Waals surface area contributed by atoms with Crippen molar-refractivity contribution in [1.82, 2.24) is 9.88 Å². The van der Waals surface area contributed by atoms with Crippen LogP contribution in [0.4, 0.5) is 10.1 Å². The molecule has 5 nitrogen and oxygen atoms in total. The predicted molar refractivity (Wildman–Crippen MR) is 117 cm³/mol. The maximum atomic E-state index is 14.4. The summed E-state index contributed by atoms with van der Waals surface area (Å²) in [5.41, 5.74) is 4.07. The number of pyridine rings is 1. The molecule has 1 amide bonds. The molecule has 3 atom stereocenters. The summed E-state index contributed by atoms with van der Waals surface area (Å²) in [6.45, 7) is 0.635. The van der Waals surface area contributed by atoms with E-state index in [2.05, 4.69) is 10.3 Å². The van der Waals surface area contributed by atoms with Gasteiger partial charge in [0.15, 0.2) is 0 Å². The van der Waals surface area contributed by atoms with Crippen LogP contribution in [0.15, 0.2) is 67.0 Å². The predicted octanol–water partition coefficient (Wildman–Crippen LogP) is 3.81. The summed E-state index contributed by atoms with van der Waals surface area (Å²) in [5, 5.41) is 13.4. The topological polar surface area (TPSA) is 65.5 Å². The van der Waals surface area contributed by atoms with E-state index < -0.39 is 0 Å². The maximum Gasteiger partial charge on any atom is 0.227 e. The Morgan fingerprint density at radius 2 is 2.06 bits per heavy atom. The molecule has 0 bridgehead atoms. The molecule has 5 rings (SSSR count). The molecule has 0 saturated carbocycles. The zero-order chi connectivity index (χ0) is 21.4. The van der Waals surface area contributed by atoms with E-state index in [0.717, 1.165) is 28.8 Å². The quantitative estimate of drug-likeness (QED) is 0.678. The molecule has 3 aromatic rings. The van der Waals surface area contributed by atoms with Gasteiger partial charge in [-0.05, 0) is 47.4 Å². The molecule has 3 heterocycles. The van der Waals surface area contributed by atoms with Crippen LogP contribution in [0.3, 0.4) is 0 Å². The summed E-state index contributed by atoms with van der Waals surface area (Å²) in [6.07, 6.45) is 4.51. The Balaban J connectivity index is 1.53. The number of likely N-dealkylation sites (tertiary alicyclic amines) is 1. The molecule has 2 aliphatic heterocycles. The highest BCUT2D eigenvalue weighted by atomic mass is 19.1. The lowest BCUT2D eigenvalue weighted by atomic mass is 9.82. The molecular formula is C25H24FN3O2. The normalized spacial score (nSPS) is 21.9. The molecule has 1 fully saturated rings. The number of halogens is 1. The molecule has 0 spiro atoms. The fraction of sp³-hybridized carbons (Fsp3) is 0.280. The highest BCUT2D eigenvalue weighted by molar-refractivity contribution is 5.81. The molecular weight excluding hydrogens is 393 g/mol. The van der Waals surface area contributed by atoms with Gasteiger partial charge in [0.25, 0.3) is 0 Å². The highest BCUT2D eigenvalue weighted by Crippen LogP contribution is 2.47. The van der Waals surface area contributed by atoms with Crippen LogP contribution in [-0.4, -0.2) is 40.1 Å². The average Bonchev–Trinajstić information content (AvgIpc) is 3.25. The van der Waals surface area contributed by atoms with Crippen molar-refractivity contribution in [1.29, 1.82) is 0 Å². The minimum Gasteiger partial charge on any atom is -0.394 e. The summed E-state index contributed by atoms with van der Waals surface area (Å²) in [4.78, 5) is 19.3. The van der Waals surface area contributed by atoms with Gasteiger partial charge in [-0.15, -0.1) is 0 Å². The maximum absolute atomic E-state index is 14.4. The molecule has 31 heavy (non-hydrogen) atoms. The number of nitrogens with one attached hydrogen (secondary N) is 1. The molecule has 2 aliphatic rings. The number of amides is 1. The third-order valence-electron chi connectivity index (χ3n) is 6.45. The van der Waals surface area contributed by atoms with E-state index in [1.807, 2.05) is 41.3 Å². The number of fused-ring (bicyclic) bond motifs is 3. The fourth-order valence-corrected chi connectivity index (χ4v) is 4.98. The van der Waals surface area contributed by atoms with Crippen molar-refractivity contribution in [2.45, 2.75) is 24.9 Å². The van der Waals surface area contributed by atoms with Gasteiger partial charge in [-0.1, -0.05) is 30.3 Å². The largest absolute Gasteiger partial charge is 0.394 e. The number of benzene rings is 2. The first-order valence-electron chi connectivity index (χ1n) is 10.6.